The minimum atomic E-state index is -0.268. The Bertz CT molecular complexity index is 490. The van der Waals surface area contributed by atoms with Crippen molar-refractivity contribution in [3.63, 3.8) is 0 Å². The Morgan fingerprint density at radius 2 is 2.00 bits per heavy atom. The first kappa shape index (κ1) is 9.47. The fraction of sp³-hybridized carbons (Fsp3) is 0.273. The number of nitrogens with one attached hydrogen (secondary N) is 1. The van der Waals surface area contributed by atoms with Crippen LogP contribution >= 0.6 is 0 Å². The highest BCUT2D eigenvalue weighted by Gasteiger charge is 2.25. The van der Waals surface area contributed by atoms with Crippen molar-refractivity contribution in [2.75, 3.05) is 13.1 Å². The van der Waals surface area contributed by atoms with Crippen LogP contribution in [0.5, 0.6) is 0 Å². The molecule has 0 amide bonds. The zero-order valence-corrected chi connectivity index (χ0v) is 8.48. The van der Waals surface area contributed by atoms with Gasteiger partial charge in [0.1, 0.15) is 5.82 Å². The highest BCUT2D eigenvalue weighted by Crippen LogP contribution is 2.22. The van der Waals surface area contributed by atoms with Gasteiger partial charge in [-0.25, -0.2) is 4.39 Å². The van der Waals surface area contributed by atoms with Gasteiger partial charge in [-0.3, -0.25) is 0 Å². The number of nitrogens with zero attached hydrogens (tertiary/aromatic N) is 2. The first-order chi connectivity index (χ1) is 7.83. The molecule has 0 unspecified atom stereocenters. The lowest BCUT2D eigenvalue weighted by molar-refractivity contribution is 0.308. The van der Waals surface area contributed by atoms with Crippen LogP contribution < -0.4 is 5.32 Å². The van der Waals surface area contributed by atoms with E-state index >= 15 is 0 Å². The van der Waals surface area contributed by atoms with E-state index in [1.54, 1.807) is 12.1 Å². The third kappa shape index (κ3) is 1.59. The minimum absolute atomic E-state index is 0.268. The van der Waals surface area contributed by atoms with Crippen LogP contribution in [0.25, 0.3) is 11.4 Å². The van der Waals surface area contributed by atoms with E-state index in [4.69, 9.17) is 4.52 Å². The van der Waals surface area contributed by atoms with Gasteiger partial charge in [-0.1, -0.05) is 5.16 Å². The average molecular weight is 219 g/mol. The molecule has 0 aliphatic carbocycles. The second-order valence-corrected chi connectivity index (χ2v) is 3.82. The summed E-state index contributed by atoms with van der Waals surface area (Å²) in [5.41, 5.74) is 0.767. The summed E-state index contributed by atoms with van der Waals surface area (Å²) in [6, 6.07) is 6.05. The van der Waals surface area contributed by atoms with Crippen LogP contribution in [0.3, 0.4) is 0 Å². The van der Waals surface area contributed by atoms with Crippen molar-refractivity contribution in [3.8, 4) is 11.4 Å². The molecule has 1 aromatic heterocycles. The lowest BCUT2D eigenvalue weighted by Gasteiger charge is -2.22. The van der Waals surface area contributed by atoms with Gasteiger partial charge in [0.15, 0.2) is 0 Å². The Morgan fingerprint density at radius 3 is 2.62 bits per heavy atom. The Labute approximate surface area is 91.5 Å². The Hall–Kier alpha value is -1.75. The van der Waals surface area contributed by atoms with E-state index in [-0.39, 0.29) is 5.82 Å². The summed E-state index contributed by atoms with van der Waals surface area (Å²) >= 11 is 0. The monoisotopic (exact) mass is 219 g/mol. The van der Waals surface area contributed by atoms with Crippen LogP contribution in [0, 0.1) is 5.82 Å². The Morgan fingerprint density at radius 1 is 1.25 bits per heavy atom. The molecule has 16 heavy (non-hydrogen) atoms. The van der Waals surface area contributed by atoms with E-state index in [0.717, 1.165) is 18.7 Å². The molecule has 0 spiro atoms. The van der Waals surface area contributed by atoms with Crippen LogP contribution in [0.4, 0.5) is 4.39 Å². The third-order valence-corrected chi connectivity index (χ3v) is 2.67. The van der Waals surface area contributed by atoms with Crippen molar-refractivity contribution in [3.05, 3.63) is 36.0 Å². The number of halogens is 1. The minimum Gasteiger partial charge on any atom is -0.339 e. The van der Waals surface area contributed by atoms with Crippen LogP contribution in [-0.2, 0) is 0 Å². The molecule has 0 saturated carbocycles. The van der Waals surface area contributed by atoms with Crippen LogP contribution in [-0.4, -0.2) is 23.2 Å². The Kier molecular flexibility index (Phi) is 2.18. The molecule has 4 nitrogen and oxygen atoms in total. The molecule has 5 heteroatoms. The van der Waals surface area contributed by atoms with Crippen LogP contribution in [0.15, 0.2) is 28.8 Å². The van der Waals surface area contributed by atoms with Crippen molar-refractivity contribution < 1.29 is 8.91 Å². The highest BCUT2D eigenvalue weighted by molar-refractivity contribution is 5.53. The highest BCUT2D eigenvalue weighted by atomic mass is 19.1. The second kappa shape index (κ2) is 3.68. The molecule has 1 N–H and O–H groups in total. The molecule has 2 aromatic rings. The SMILES string of the molecule is Fc1ccc(-c2noc(C3CNC3)n2)cc1. The zero-order chi connectivity index (χ0) is 11.0. The molecule has 0 bridgehead atoms. The summed E-state index contributed by atoms with van der Waals surface area (Å²) in [6.45, 7) is 1.76. The molecule has 1 aliphatic heterocycles. The van der Waals surface area contributed by atoms with Gasteiger partial charge in [-0.15, -0.1) is 0 Å². The topological polar surface area (TPSA) is 51.0 Å². The number of rotatable bonds is 2. The quantitative estimate of drug-likeness (QED) is 0.832. The molecule has 82 valence electrons. The molecule has 3 rings (SSSR count). The summed E-state index contributed by atoms with van der Waals surface area (Å²) < 4.78 is 17.9. The maximum Gasteiger partial charge on any atom is 0.232 e. The van der Waals surface area contributed by atoms with Gasteiger partial charge in [0, 0.05) is 18.7 Å². The van der Waals surface area contributed by atoms with E-state index in [1.807, 2.05) is 0 Å². The van der Waals surface area contributed by atoms with E-state index < -0.39 is 0 Å². The molecular weight excluding hydrogens is 209 g/mol. The standard InChI is InChI=1S/C11H10FN3O/c12-9-3-1-7(2-4-9)10-14-11(16-15-10)8-5-13-6-8/h1-4,8,13H,5-6H2. The molecule has 1 saturated heterocycles. The van der Waals surface area contributed by atoms with Gasteiger partial charge in [0.2, 0.25) is 11.7 Å². The van der Waals surface area contributed by atoms with Crippen molar-refractivity contribution in [2.45, 2.75) is 5.92 Å². The number of aromatic nitrogens is 2. The summed E-state index contributed by atoms with van der Waals surface area (Å²) in [6.07, 6.45) is 0. The molecular formula is C11H10FN3O. The zero-order valence-electron chi connectivity index (χ0n) is 8.48. The fourth-order valence-electron chi connectivity index (χ4n) is 1.58. The van der Waals surface area contributed by atoms with Crippen molar-refractivity contribution in [1.29, 1.82) is 0 Å². The summed E-state index contributed by atoms with van der Waals surface area (Å²) in [4.78, 5) is 4.29. The first-order valence-corrected chi connectivity index (χ1v) is 5.13. The number of hydrogen-bond acceptors (Lipinski definition) is 4. The molecule has 0 radical (unpaired) electrons. The molecule has 0 atom stereocenters. The lowest BCUT2D eigenvalue weighted by atomic mass is 10.0. The third-order valence-electron chi connectivity index (χ3n) is 2.67. The molecule has 1 aromatic carbocycles. The van der Waals surface area contributed by atoms with Crippen molar-refractivity contribution in [2.24, 2.45) is 0 Å². The van der Waals surface area contributed by atoms with E-state index in [1.165, 1.54) is 12.1 Å². The smallest absolute Gasteiger partial charge is 0.232 e. The fourth-order valence-corrected chi connectivity index (χ4v) is 1.58. The predicted octanol–water partition coefficient (Wildman–Crippen LogP) is 1.56. The normalized spacial score (nSPS) is 16.1. The van der Waals surface area contributed by atoms with Gasteiger partial charge in [-0.05, 0) is 24.3 Å². The van der Waals surface area contributed by atoms with Crippen LogP contribution in [0.1, 0.15) is 11.8 Å². The summed E-state index contributed by atoms with van der Waals surface area (Å²) in [5.74, 6) is 1.22. The van der Waals surface area contributed by atoms with E-state index in [9.17, 15) is 4.39 Å². The largest absolute Gasteiger partial charge is 0.339 e. The molecule has 1 aliphatic rings. The van der Waals surface area contributed by atoms with Gasteiger partial charge in [0.05, 0.1) is 5.92 Å². The van der Waals surface area contributed by atoms with Crippen LogP contribution in [0.2, 0.25) is 0 Å². The summed E-state index contributed by atoms with van der Waals surface area (Å²) in [5, 5.41) is 7.02. The maximum atomic E-state index is 12.7. The van der Waals surface area contributed by atoms with E-state index in [0.29, 0.717) is 17.6 Å². The van der Waals surface area contributed by atoms with Gasteiger partial charge < -0.3 is 9.84 Å². The van der Waals surface area contributed by atoms with Crippen molar-refractivity contribution >= 4 is 0 Å². The maximum absolute atomic E-state index is 12.7. The van der Waals surface area contributed by atoms with Crippen molar-refractivity contribution in [1.82, 2.24) is 15.5 Å². The predicted molar refractivity (Wildman–Crippen MR) is 55.3 cm³/mol. The summed E-state index contributed by atoms with van der Waals surface area (Å²) in [7, 11) is 0. The first-order valence-electron chi connectivity index (χ1n) is 5.13. The second-order valence-electron chi connectivity index (χ2n) is 3.82. The average Bonchev–Trinajstić information content (AvgIpc) is 2.65. The van der Waals surface area contributed by atoms with E-state index in [2.05, 4.69) is 15.5 Å². The van der Waals surface area contributed by atoms with Gasteiger partial charge in [0.25, 0.3) is 0 Å². The lowest BCUT2D eigenvalue weighted by Crippen LogP contribution is -2.40. The van der Waals surface area contributed by atoms with Gasteiger partial charge in [-0.2, -0.15) is 4.98 Å². The number of benzene rings is 1. The Balaban J connectivity index is 1.88. The molecule has 1 fully saturated rings. The van der Waals surface area contributed by atoms with Gasteiger partial charge >= 0.3 is 0 Å². The number of hydrogen-bond donors (Lipinski definition) is 1. The molecule has 2 heterocycles.